The zero-order valence-electron chi connectivity index (χ0n) is 16.6. The first kappa shape index (κ1) is 19.3. The van der Waals surface area contributed by atoms with Crippen LogP contribution in [-0.2, 0) is 11.3 Å². The van der Waals surface area contributed by atoms with E-state index in [9.17, 15) is 4.79 Å². The van der Waals surface area contributed by atoms with Crippen molar-refractivity contribution in [2.75, 3.05) is 46.8 Å². The van der Waals surface area contributed by atoms with Crippen LogP contribution in [0.5, 0.6) is 0 Å². The van der Waals surface area contributed by atoms with Crippen LogP contribution in [0.4, 0.5) is 0 Å². The van der Waals surface area contributed by atoms with E-state index in [1.165, 1.54) is 12.8 Å². The van der Waals surface area contributed by atoms with Crippen molar-refractivity contribution >= 4 is 5.91 Å². The maximum Gasteiger partial charge on any atom is 0.222 e. The topological polar surface area (TPSA) is 39.7 Å². The second-order valence-electron chi connectivity index (χ2n) is 8.27. The van der Waals surface area contributed by atoms with E-state index in [1.54, 1.807) is 0 Å². The summed E-state index contributed by atoms with van der Waals surface area (Å²) in [5, 5.41) is 0. The zero-order valence-corrected chi connectivity index (χ0v) is 16.6. The first-order valence-corrected chi connectivity index (χ1v) is 10.1. The maximum absolute atomic E-state index is 12.2. The lowest BCUT2D eigenvalue weighted by molar-refractivity contribution is -0.130. The smallest absolute Gasteiger partial charge is 0.222 e. The number of amides is 1. The summed E-state index contributed by atoms with van der Waals surface area (Å²) in [5.41, 5.74) is 1.16. The zero-order chi connectivity index (χ0) is 18.5. The lowest BCUT2D eigenvalue weighted by atomic mass is 9.78. The summed E-state index contributed by atoms with van der Waals surface area (Å²) in [7, 11) is 4.30. The molecule has 1 aromatic rings. The summed E-state index contributed by atoms with van der Waals surface area (Å²) in [6, 6.07) is 6.16. The van der Waals surface area contributed by atoms with E-state index in [0.717, 1.165) is 50.9 Å². The summed E-state index contributed by atoms with van der Waals surface area (Å²) in [6.07, 6.45) is 5.00. The predicted octanol–water partition coefficient (Wildman–Crippen LogP) is 2.34. The second-order valence-corrected chi connectivity index (χ2v) is 8.27. The third-order valence-electron chi connectivity index (χ3n) is 6.10. The Balaban J connectivity index is 1.56. The van der Waals surface area contributed by atoms with Gasteiger partial charge in [0.05, 0.1) is 5.69 Å². The predicted molar refractivity (Wildman–Crippen MR) is 105 cm³/mol. The molecule has 3 rings (SSSR count). The van der Waals surface area contributed by atoms with E-state index >= 15 is 0 Å². The van der Waals surface area contributed by atoms with E-state index < -0.39 is 0 Å². The fraction of sp³-hybridized carbons (Fsp3) is 0.714. The van der Waals surface area contributed by atoms with E-state index in [0.29, 0.717) is 24.2 Å². The number of hydrogen-bond acceptors (Lipinski definition) is 4. The average Bonchev–Trinajstić information content (AvgIpc) is 3.05. The van der Waals surface area contributed by atoms with Crippen molar-refractivity contribution in [3.05, 3.63) is 30.1 Å². The minimum Gasteiger partial charge on any atom is -0.342 e. The van der Waals surface area contributed by atoms with Crippen molar-refractivity contribution in [2.24, 2.45) is 17.8 Å². The van der Waals surface area contributed by atoms with Gasteiger partial charge in [-0.1, -0.05) is 13.0 Å². The Hall–Kier alpha value is -1.46. The number of hydrogen-bond donors (Lipinski definition) is 0. The van der Waals surface area contributed by atoms with Crippen LogP contribution < -0.4 is 0 Å². The fourth-order valence-corrected chi connectivity index (χ4v) is 4.78. The van der Waals surface area contributed by atoms with Crippen LogP contribution in [0.3, 0.4) is 0 Å². The highest BCUT2D eigenvalue weighted by Crippen LogP contribution is 2.36. The summed E-state index contributed by atoms with van der Waals surface area (Å²) < 4.78 is 0. The van der Waals surface area contributed by atoms with E-state index in [2.05, 4.69) is 45.9 Å². The molecule has 1 aromatic heterocycles. The number of nitrogens with zero attached hydrogens (tertiary/aromatic N) is 4. The maximum atomic E-state index is 12.2. The van der Waals surface area contributed by atoms with Crippen LogP contribution >= 0.6 is 0 Å². The van der Waals surface area contributed by atoms with E-state index in [1.807, 2.05) is 19.2 Å². The highest BCUT2D eigenvalue weighted by molar-refractivity contribution is 5.76. The molecule has 0 N–H and O–H groups in total. The number of piperidine rings is 1. The van der Waals surface area contributed by atoms with Gasteiger partial charge in [-0.15, -0.1) is 0 Å². The summed E-state index contributed by atoms with van der Waals surface area (Å²) in [6.45, 7) is 8.24. The molecule has 2 aliphatic rings. The summed E-state index contributed by atoms with van der Waals surface area (Å²) in [5.74, 6) is 2.34. The van der Waals surface area contributed by atoms with Gasteiger partial charge in [0.1, 0.15) is 0 Å². The Morgan fingerprint density at radius 1 is 1.23 bits per heavy atom. The largest absolute Gasteiger partial charge is 0.342 e. The molecule has 0 radical (unpaired) electrons. The van der Waals surface area contributed by atoms with Crippen molar-refractivity contribution in [1.29, 1.82) is 0 Å². The van der Waals surface area contributed by atoms with Gasteiger partial charge < -0.3 is 9.80 Å². The third-order valence-corrected chi connectivity index (χ3v) is 6.10. The first-order valence-electron chi connectivity index (χ1n) is 10.1. The van der Waals surface area contributed by atoms with Crippen molar-refractivity contribution in [2.45, 2.75) is 32.7 Å². The molecule has 0 aromatic carbocycles. The van der Waals surface area contributed by atoms with Gasteiger partial charge >= 0.3 is 0 Å². The Morgan fingerprint density at radius 2 is 2.00 bits per heavy atom. The Morgan fingerprint density at radius 3 is 2.62 bits per heavy atom. The van der Waals surface area contributed by atoms with Gasteiger partial charge in [-0.05, 0) is 69.9 Å². The Bertz CT molecular complexity index is 569. The van der Waals surface area contributed by atoms with Gasteiger partial charge in [0, 0.05) is 38.8 Å². The van der Waals surface area contributed by atoms with Gasteiger partial charge in [-0.25, -0.2) is 0 Å². The molecule has 5 nitrogen and oxygen atoms in total. The van der Waals surface area contributed by atoms with Crippen LogP contribution in [-0.4, -0.2) is 72.4 Å². The molecule has 5 heteroatoms. The number of likely N-dealkylation sites (tertiary alicyclic amines) is 2. The molecule has 2 atom stereocenters. The normalized spacial score (nSPS) is 25.2. The molecular formula is C21H34N4O. The van der Waals surface area contributed by atoms with Gasteiger partial charge in [0.2, 0.25) is 5.91 Å². The molecule has 0 saturated carbocycles. The molecule has 144 valence electrons. The van der Waals surface area contributed by atoms with Gasteiger partial charge in [0.25, 0.3) is 0 Å². The average molecular weight is 359 g/mol. The van der Waals surface area contributed by atoms with Crippen LogP contribution in [0.1, 0.15) is 31.9 Å². The second kappa shape index (κ2) is 8.96. The van der Waals surface area contributed by atoms with Gasteiger partial charge in [-0.2, -0.15) is 0 Å². The van der Waals surface area contributed by atoms with Crippen molar-refractivity contribution in [3.8, 4) is 0 Å². The Labute approximate surface area is 158 Å². The highest BCUT2D eigenvalue weighted by Gasteiger charge is 2.40. The summed E-state index contributed by atoms with van der Waals surface area (Å²) in [4.78, 5) is 23.6. The quantitative estimate of drug-likeness (QED) is 0.783. The molecule has 2 saturated heterocycles. The van der Waals surface area contributed by atoms with Crippen LogP contribution in [0, 0.1) is 17.8 Å². The minimum absolute atomic E-state index is 0.323. The standard InChI is InChI=1S/C21H34N4O/c1-4-21(26)25-14-18(13-23(2)3)20(16-25)17-8-11-24(12-9-17)15-19-7-5-6-10-22-19/h5-7,10,17-18,20H,4,8-9,11-16H2,1-3H3/t18-,20+/m0/s1. The SMILES string of the molecule is CCC(=O)N1C[C@H](CN(C)C)[C@@H](C2CCN(Cc3ccccn3)CC2)C1. The van der Waals surface area contributed by atoms with E-state index in [4.69, 9.17) is 0 Å². The highest BCUT2D eigenvalue weighted by atomic mass is 16.2. The molecular weight excluding hydrogens is 324 g/mol. The molecule has 0 spiro atoms. The number of carbonyl (C=O) groups excluding carboxylic acids is 1. The van der Waals surface area contributed by atoms with Crippen LogP contribution in [0.15, 0.2) is 24.4 Å². The lowest BCUT2D eigenvalue weighted by Crippen LogP contribution is -2.39. The molecule has 2 aliphatic heterocycles. The number of aromatic nitrogens is 1. The molecule has 26 heavy (non-hydrogen) atoms. The van der Waals surface area contributed by atoms with Gasteiger partial charge in [-0.3, -0.25) is 14.7 Å². The van der Waals surface area contributed by atoms with Gasteiger partial charge in [0.15, 0.2) is 0 Å². The number of carbonyl (C=O) groups is 1. The number of pyridine rings is 1. The van der Waals surface area contributed by atoms with Crippen molar-refractivity contribution in [1.82, 2.24) is 19.7 Å². The van der Waals surface area contributed by atoms with Crippen LogP contribution in [0.2, 0.25) is 0 Å². The lowest BCUT2D eigenvalue weighted by Gasteiger charge is -2.36. The molecule has 0 aliphatic carbocycles. The van der Waals surface area contributed by atoms with Crippen LogP contribution in [0.25, 0.3) is 0 Å². The fourth-order valence-electron chi connectivity index (χ4n) is 4.78. The Kier molecular flexibility index (Phi) is 6.65. The molecule has 0 unspecified atom stereocenters. The molecule has 3 heterocycles. The van der Waals surface area contributed by atoms with Crippen molar-refractivity contribution < 1.29 is 4.79 Å². The monoisotopic (exact) mass is 358 g/mol. The first-order chi connectivity index (χ1) is 12.6. The molecule has 1 amide bonds. The third kappa shape index (κ3) is 4.83. The molecule has 0 bridgehead atoms. The van der Waals surface area contributed by atoms with E-state index in [-0.39, 0.29) is 0 Å². The molecule has 2 fully saturated rings. The number of rotatable bonds is 6. The minimum atomic E-state index is 0.323. The van der Waals surface area contributed by atoms with Crippen molar-refractivity contribution in [3.63, 3.8) is 0 Å². The summed E-state index contributed by atoms with van der Waals surface area (Å²) >= 11 is 0.